The maximum atomic E-state index is 14.0. The SMILES string of the molecule is Cc1ccc2c(c1)C1CN(C)CCC1N2C(=O)c1ccccc1NS(=O)(=O)c1cccc(C(F)(F)F)c1. The van der Waals surface area contributed by atoms with E-state index < -0.39 is 26.7 Å². The van der Waals surface area contributed by atoms with Gasteiger partial charge in [0.2, 0.25) is 0 Å². The van der Waals surface area contributed by atoms with Crippen LogP contribution < -0.4 is 9.62 Å². The minimum absolute atomic E-state index is 0.00921. The Morgan fingerprint density at radius 3 is 2.54 bits per heavy atom. The number of likely N-dealkylation sites (tertiary alicyclic amines) is 1. The quantitative estimate of drug-likeness (QED) is 0.501. The highest BCUT2D eigenvalue weighted by molar-refractivity contribution is 7.92. The number of para-hydroxylation sites is 1. The highest BCUT2D eigenvalue weighted by atomic mass is 32.2. The van der Waals surface area contributed by atoms with E-state index in [1.165, 1.54) is 12.1 Å². The predicted molar refractivity (Wildman–Crippen MR) is 135 cm³/mol. The van der Waals surface area contributed by atoms with Crippen molar-refractivity contribution in [2.24, 2.45) is 0 Å². The van der Waals surface area contributed by atoms with Crippen LogP contribution in [0.5, 0.6) is 0 Å². The summed E-state index contributed by atoms with van der Waals surface area (Å²) in [5.74, 6) is -0.226. The molecule has 6 nitrogen and oxygen atoms in total. The van der Waals surface area contributed by atoms with Crippen molar-refractivity contribution in [3.8, 4) is 0 Å². The van der Waals surface area contributed by atoms with Gasteiger partial charge < -0.3 is 9.80 Å². The highest BCUT2D eigenvalue weighted by Gasteiger charge is 2.44. The number of likely N-dealkylation sites (N-methyl/N-ethyl adjacent to an activating group) is 1. The number of alkyl halides is 3. The molecule has 37 heavy (non-hydrogen) atoms. The number of sulfonamides is 1. The molecule has 10 heteroatoms. The van der Waals surface area contributed by atoms with Crippen LogP contribution in [0.15, 0.2) is 71.6 Å². The molecule has 2 heterocycles. The third-order valence-corrected chi connectivity index (χ3v) is 8.41. The summed E-state index contributed by atoms with van der Waals surface area (Å²) in [5.41, 5.74) is 2.05. The second-order valence-corrected chi connectivity index (χ2v) is 11.3. The van der Waals surface area contributed by atoms with Gasteiger partial charge in [0.15, 0.2) is 0 Å². The number of aryl methyl sites for hydroxylation is 1. The molecule has 0 bridgehead atoms. The molecule has 0 aliphatic carbocycles. The second-order valence-electron chi connectivity index (χ2n) is 9.64. The molecule has 194 valence electrons. The lowest BCUT2D eigenvalue weighted by Gasteiger charge is -2.36. The first kappa shape index (κ1) is 25.3. The van der Waals surface area contributed by atoms with Gasteiger partial charge in [0.1, 0.15) is 0 Å². The molecule has 0 spiro atoms. The van der Waals surface area contributed by atoms with E-state index in [2.05, 4.69) is 15.7 Å². The Morgan fingerprint density at radius 2 is 1.78 bits per heavy atom. The minimum atomic E-state index is -4.69. The average molecular weight is 530 g/mol. The molecule has 1 saturated heterocycles. The molecule has 3 aromatic carbocycles. The topological polar surface area (TPSA) is 69.7 Å². The Bertz CT molecular complexity index is 1470. The highest BCUT2D eigenvalue weighted by Crippen LogP contribution is 2.46. The molecule has 0 aromatic heterocycles. The molecule has 2 unspecified atom stereocenters. The number of nitrogens with zero attached hydrogens (tertiary/aromatic N) is 2. The number of fused-ring (bicyclic) bond motifs is 3. The number of benzene rings is 3. The van der Waals surface area contributed by atoms with Crippen LogP contribution in [0.4, 0.5) is 24.5 Å². The van der Waals surface area contributed by atoms with E-state index in [9.17, 15) is 26.4 Å². The second kappa shape index (κ2) is 9.18. The molecule has 1 amide bonds. The number of halogens is 3. The predicted octanol–water partition coefficient (Wildman–Crippen LogP) is 5.26. The van der Waals surface area contributed by atoms with Crippen LogP contribution in [0.2, 0.25) is 0 Å². The maximum Gasteiger partial charge on any atom is 0.416 e. The van der Waals surface area contributed by atoms with Crippen molar-refractivity contribution >= 4 is 27.3 Å². The molecule has 1 N–H and O–H groups in total. The average Bonchev–Trinajstić information content (AvgIpc) is 3.16. The molecule has 5 rings (SSSR count). The van der Waals surface area contributed by atoms with Gasteiger partial charge in [-0.25, -0.2) is 8.42 Å². The molecular weight excluding hydrogens is 503 g/mol. The molecular formula is C27H26F3N3O3S. The number of carbonyl (C=O) groups excluding carboxylic acids is 1. The van der Waals surface area contributed by atoms with Crippen molar-refractivity contribution in [1.82, 2.24) is 4.90 Å². The van der Waals surface area contributed by atoms with Crippen LogP contribution in [-0.4, -0.2) is 45.4 Å². The van der Waals surface area contributed by atoms with Gasteiger partial charge in [-0.15, -0.1) is 0 Å². The molecule has 1 fully saturated rings. The minimum Gasteiger partial charge on any atom is -0.306 e. The van der Waals surface area contributed by atoms with Gasteiger partial charge in [0.05, 0.1) is 21.7 Å². The Labute approximate surface area is 213 Å². The van der Waals surface area contributed by atoms with Crippen LogP contribution in [0, 0.1) is 6.92 Å². The van der Waals surface area contributed by atoms with Gasteiger partial charge in [-0.2, -0.15) is 13.2 Å². The lowest BCUT2D eigenvalue weighted by Crippen LogP contribution is -2.47. The molecule has 0 saturated carbocycles. The Morgan fingerprint density at radius 1 is 1.03 bits per heavy atom. The lowest BCUT2D eigenvalue weighted by atomic mass is 9.88. The summed E-state index contributed by atoms with van der Waals surface area (Å²) in [6.07, 6.45) is -3.93. The van der Waals surface area contributed by atoms with Gasteiger partial charge >= 0.3 is 6.18 Å². The third-order valence-electron chi connectivity index (χ3n) is 7.05. The number of rotatable bonds is 4. The first-order valence-electron chi connectivity index (χ1n) is 11.9. The number of hydrogen-bond donors (Lipinski definition) is 1. The van der Waals surface area contributed by atoms with Crippen molar-refractivity contribution in [3.63, 3.8) is 0 Å². The fourth-order valence-corrected chi connectivity index (χ4v) is 6.40. The van der Waals surface area contributed by atoms with Crippen molar-refractivity contribution in [2.75, 3.05) is 29.8 Å². The zero-order valence-corrected chi connectivity index (χ0v) is 21.1. The first-order chi connectivity index (χ1) is 17.5. The van der Waals surface area contributed by atoms with E-state index in [0.717, 1.165) is 54.5 Å². The number of amides is 1. The van der Waals surface area contributed by atoms with Gasteiger partial charge in [-0.1, -0.05) is 35.9 Å². The van der Waals surface area contributed by atoms with Crippen LogP contribution in [-0.2, 0) is 16.2 Å². The zero-order chi connectivity index (χ0) is 26.5. The van der Waals surface area contributed by atoms with Crippen LogP contribution in [0.25, 0.3) is 0 Å². The third kappa shape index (κ3) is 4.71. The van der Waals surface area contributed by atoms with Gasteiger partial charge in [0.25, 0.3) is 15.9 Å². The summed E-state index contributed by atoms with van der Waals surface area (Å²) in [4.78, 5) is 17.4. The van der Waals surface area contributed by atoms with Crippen LogP contribution >= 0.6 is 0 Å². The van der Waals surface area contributed by atoms with Crippen molar-refractivity contribution < 1.29 is 26.4 Å². The standard InChI is InChI=1S/C27H26F3N3O3S/c1-17-10-11-24-21(14-17)22-16-32(2)13-12-25(22)33(24)26(34)20-8-3-4-9-23(20)31-37(35,36)19-7-5-6-18(15-19)27(28,29)30/h3-11,14-15,22,25,31H,12-13,16H2,1-2H3. The number of carbonyl (C=O) groups is 1. The van der Waals surface area contributed by atoms with E-state index in [4.69, 9.17) is 0 Å². The fraction of sp³-hybridized carbons (Fsp3) is 0.296. The normalized spacial score (nSPS) is 19.9. The number of nitrogens with one attached hydrogen (secondary N) is 1. The van der Waals surface area contributed by atoms with Gasteiger partial charge in [0, 0.05) is 24.2 Å². The summed E-state index contributed by atoms with van der Waals surface area (Å²) in [5, 5.41) is 0. The van der Waals surface area contributed by atoms with Crippen molar-refractivity contribution in [2.45, 2.75) is 36.4 Å². The van der Waals surface area contributed by atoms with Crippen molar-refractivity contribution in [3.05, 3.63) is 89.0 Å². The molecule has 0 radical (unpaired) electrons. The number of hydrogen-bond acceptors (Lipinski definition) is 4. The van der Waals surface area contributed by atoms with Gasteiger partial charge in [-0.05, 0) is 68.9 Å². The summed E-state index contributed by atoms with van der Waals surface area (Å²) < 4.78 is 68.0. The number of anilines is 2. The maximum absolute atomic E-state index is 14.0. The molecule has 2 aliphatic rings. The van der Waals surface area contributed by atoms with Crippen LogP contribution in [0.1, 0.15) is 39.4 Å². The first-order valence-corrected chi connectivity index (χ1v) is 13.4. The van der Waals surface area contributed by atoms with Gasteiger partial charge in [-0.3, -0.25) is 9.52 Å². The molecule has 2 aliphatic heterocycles. The summed E-state index contributed by atoms with van der Waals surface area (Å²) >= 11 is 0. The monoisotopic (exact) mass is 529 g/mol. The molecule has 3 aromatic rings. The van der Waals surface area contributed by atoms with E-state index >= 15 is 0 Å². The van der Waals surface area contributed by atoms with Crippen molar-refractivity contribution in [1.29, 1.82) is 0 Å². The largest absolute Gasteiger partial charge is 0.416 e. The lowest BCUT2D eigenvalue weighted by molar-refractivity contribution is -0.137. The van der Waals surface area contributed by atoms with Crippen LogP contribution in [0.3, 0.4) is 0 Å². The smallest absolute Gasteiger partial charge is 0.306 e. The van der Waals surface area contributed by atoms with E-state index in [1.54, 1.807) is 17.0 Å². The summed E-state index contributed by atoms with van der Waals surface area (Å²) in [6, 6.07) is 15.6. The number of piperidine rings is 1. The fourth-order valence-electron chi connectivity index (χ4n) is 5.28. The van der Waals surface area contributed by atoms with E-state index in [1.807, 2.05) is 26.1 Å². The Balaban J connectivity index is 1.51. The summed E-state index contributed by atoms with van der Waals surface area (Å²) in [6.45, 7) is 3.63. The Kier molecular flexibility index (Phi) is 6.27. The van der Waals surface area contributed by atoms with E-state index in [0.29, 0.717) is 6.07 Å². The summed E-state index contributed by atoms with van der Waals surface area (Å²) in [7, 11) is -2.35. The molecule has 2 atom stereocenters. The van der Waals surface area contributed by atoms with E-state index in [-0.39, 0.29) is 29.1 Å². The Hall–Kier alpha value is -3.37. The zero-order valence-electron chi connectivity index (χ0n) is 20.3.